The molecule has 1 unspecified atom stereocenters. The fourth-order valence-corrected chi connectivity index (χ4v) is 2.11. The molecule has 20 heavy (non-hydrogen) atoms. The van der Waals surface area contributed by atoms with Gasteiger partial charge in [-0.05, 0) is 26.3 Å². The van der Waals surface area contributed by atoms with Crippen LogP contribution in [-0.2, 0) is 4.79 Å². The topological polar surface area (TPSA) is 58.7 Å². The highest BCUT2D eigenvalue weighted by Gasteiger charge is 2.34. The van der Waals surface area contributed by atoms with Crippen molar-refractivity contribution in [3.8, 4) is 0 Å². The summed E-state index contributed by atoms with van der Waals surface area (Å²) in [4.78, 5) is 12.2. The van der Waals surface area contributed by atoms with Crippen LogP contribution in [0.5, 0.6) is 0 Å². The zero-order chi connectivity index (χ0) is 14.9. The lowest BCUT2D eigenvalue weighted by atomic mass is 9.98. The van der Waals surface area contributed by atoms with Crippen LogP contribution in [-0.4, -0.2) is 18.2 Å². The second kappa shape index (κ2) is 5.62. The summed E-state index contributed by atoms with van der Waals surface area (Å²) in [6.45, 7) is 2.10. The molecule has 2 rings (SSSR count). The van der Waals surface area contributed by atoms with Gasteiger partial charge in [0.05, 0.1) is 11.6 Å². The number of carbonyl (C=O) groups is 1. The Morgan fingerprint density at radius 2 is 1.90 bits per heavy atom. The van der Waals surface area contributed by atoms with Crippen molar-refractivity contribution in [2.45, 2.75) is 19.8 Å². The number of hydrogen-bond donors (Lipinski definition) is 1. The molecule has 1 heterocycles. The average molecular weight is 285 g/mol. The van der Waals surface area contributed by atoms with Crippen molar-refractivity contribution < 1.29 is 18.0 Å². The van der Waals surface area contributed by atoms with E-state index < -0.39 is 23.4 Å². The van der Waals surface area contributed by atoms with E-state index in [2.05, 4.69) is 5.10 Å². The number of nitrogens with two attached hydrogens (primary N) is 1. The minimum atomic E-state index is -1.57. The van der Waals surface area contributed by atoms with Gasteiger partial charge in [-0.25, -0.2) is 18.2 Å². The van der Waals surface area contributed by atoms with Crippen molar-refractivity contribution >= 4 is 17.3 Å². The summed E-state index contributed by atoms with van der Waals surface area (Å²) in [7, 11) is 0. The van der Waals surface area contributed by atoms with Gasteiger partial charge in [0.25, 0.3) is 5.91 Å². The molecule has 2 N–H and O–H groups in total. The molecule has 1 aliphatic rings. The molecule has 7 heteroatoms. The summed E-state index contributed by atoms with van der Waals surface area (Å²) in [5.41, 5.74) is 5.82. The van der Waals surface area contributed by atoms with E-state index in [0.717, 1.165) is 17.1 Å². The molecular weight excluding hydrogens is 271 g/mol. The molecule has 108 valence electrons. The minimum Gasteiger partial charge on any atom is -0.330 e. The molecule has 1 aliphatic heterocycles. The second-order valence-electron chi connectivity index (χ2n) is 4.60. The molecule has 0 radical (unpaired) electrons. The van der Waals surface area contributed by atoms with Gasteiger partial charge in [-0.3, -0.25) is 4.79 Å². The molecule has 0 fully saturated rings. The normalized spacial score (nSPS) is 18.6. The summed E-state index contributed by atoms with van der Waals surface area (Å²) >= 11 is 0. The number of halogens is 3. The Morgan fingerprint density at radius 3 is 2.45 bits per heavy atom. The zero-order valence-electron chi connectivity index (χ0n) is 10.9. The summed E-state index contributed by atoms with van der Waals surface area (Å²) in [6, 6.07) is 1.50. The lowest BCUT2D eigenvalue weighted by Gasteiger charge is -2.14. The quantitative estimate of drug-likeness (QED) is 0.862. The van der Waals surface area contributed by atoms with Crippen LogP contribution in [0.15, 0.2) is 17.2 Å². The smallest absolute Gasteiger partial charge is 0.256 e. The van der Waals surface area contributed by atoms with E-state index in [0.29, 0.717) is 25.1 Å². The highest BCUT2D eigenvalue weighted by Crippen LogP contribution is 2.28. The Kier molecular flexibility index (Phi) is 4.08. The summed E-state index contributed by atoms with van der Waals surface area (Å²) in [6.07, 6.45) is 1.16. The van der Waals surface area contributed by atoms with Gasteiger partial charge in [0.1, 0.15) is 0 Å². The number of benzene rings is 1. The molecular formula is C13H14F3N3O. The zero-order valence-corrected chi connectivity index (χ0v) is 10.9. The first-order valence-electron chi connectivity index (χ1n) is 6.19. The van der Waals surface area contributed by atoms with Crippen LogP contribution >= 0.6 is 0 Å². The first kappa shape index (κ1) is 14.5. The van der Waals surface area contributed by atoms with Crippen LogP contribution in [0.3, 0.4) is 0 Å². The average Bonchev–Trinajstić information content (AvgIpc) is 2.68. The molecule has 1 aromatic carbocycles. The fourth-order valence-electron chi connectivity index (χ4n) is 2.11. The third-order valence-corrected chi connectivity index (χ3v) is 3.18. The van der Waals surface area contributed by atoms with Gasteiger partial charge >= 0.3 is 0 Å². The van der Waals surface area contributed by atoms with Crippen molar-refractivity contribution in [3.63, 3.8) is 0 Å². The summed E-state index contributed by atoms with van der Waals surface area (Å²) in [5, 5.41) is 4.89. The molecule has 0 bridgehead atoms. The van der Waals surface area contributed by atoms with E-state index in [1.165, 1.54) is 0 Å². The van der Waals surface area contributed by atoms with Gasteiger partial charge in [0, 0.05) is 17.8 Å². The van der Waals surface area contributed by atoms with Crippen molar-refractivity contribution in [1.29, 1.82) is 0 Å². The van der Waals surface area contributed by atoms with E-state index in [1.807, 2.05) is 0 Å². The molecule has 0 aliphatic carbocycles. The van der Waals surface area contributed by atoms with Crippen molar-refractivity contribution in [1.82, 2.24) is 0 Å². The lowest BCUT2D eigenvalue weighted by Crippen LogP contribution is -2.27. The molecule has 0 saturated heterocycles. The number of anilines is 1. The van der Waals surface area contributed by atoms with Gasteiger partial charge in [-0.2, -0.15) is 5.10 Å². The van der Waals surface area contributed by atoms with Crippen molar-refractivity contribution in [2.24, 2.45) is 16.8 Å². The number of amides is 1. The Bertz CT molecular complexity index is 551. The first-order valence-corrected chi connectivity index (χ1v) is 6.19. The predicted molar refractivity (Wildman–Crippen MR) is 68.7 cm³/mol. The molecule has 0 aromatic heterocycles. The van der Waals surface area contributed by atoms with Crippen LogP contribution in [0.4, 0.5) is 18.9 Å². The number of hydrazone groups is 1. The molecule has 1 aromatic rings. The highest BCUT2D eigenvalue weighted by atomic mass is 19.2. The van der Waals surface area contributed by atoms with Gasteiger partial charge in [0.2, 0.25) is 0 Å². The third kappa shape index (κ3) is 2.53. The van der Waals surface area contributed by atoms with Gasteiger partial charge in [-0.15, -0.1) is 0 Å². The lowest BCUT2D eigenvalue weighted by molar-refractivity contribution is -0.119. The first-order chi connectivity index (χ1) is 9.45. The molecule has 4 nitrogen and oxygen atoms in total. The molecule has 1 atom stereocenters. The Balaban J connectivity index is 2.29. The van der Waals surface area contributed by atoms with Crippen LogP contribution in [0.2, 0.25) is 0 Å². The maximum absolute atomic E-state index is 13.2. The second-order valence-corrected chi connectivity index (χ2v) is 4.60. The van der Waals surface area contributed by atoms with Crippen molar-refractivity contribution in [3.05, 3.63) is 29.6 Å². The van der Waals surface area contributed by atoms with Crippen LogP contribution in [0.1, 0.15) is 19.8 Å². The summed E-state index contributed by atoms with van der Waals surface area (Å²) < 4.78 is 39.3. The van der Waals surface area contributed by atoms with Gasteiger partial charge < -0.3 is 5.73 Å². The SMILES string of the molecule is CC1=NN(c2cc(F)c(F)c(F)c2)C(=O)C1CCCN. The van der Waals surface area contributed by atoms with Gasteiger partial charge in [-0.1, -0.05) is 0 Å². The number of rotatable bonds is 4. The maximum atomic E-state index is 13.2. The number of nitrogens with zero attached hydrogens (tertiary/aromatic N) is 2. The van der Waals surface area contributed by atoms with E-state index in [4.69, 9.17) is 5.73 Å². The van der Waals surface area contributed by atoms with Crippen LogP contribution in [0.25, 0.3) is 0 Å². The monoisotopic (exact) mass is 285 g/mol. The van der Waals surface area contributed by atoms with Crippen LogP contribution in [0, 0.1) is 23.4 Å². The van der Waals surface area contributed by atoms with E-state index in [-0.39, 0.29) is 11.6 Å². The largest absolute Gasteiger partial charge is 0.330 e. The standard InChI is InChI=1S/C13H14F3N3O/c1-7-9(3-2-4-17)13(20)19(18-7)8-5-10(14)12(16)11(15)6-8/h5-6,9H,2-4,17H2,1H3. The fraction of sp³-hybridized carbons (Fsp3) is 0.385. The van der Waals surface area contributed by atoms with Crippen molar-refractivity contribution in [2.75, 3.05) is 11.6 Å². The highest BCUT2D eigenvalue weighted by molar-refractivity contribution is 6.14. The van der Waals surface area contributed by atoms with E-state index in [1.54, 1.807) is 6.92 Å². The molecule has 0 saturated carbocycles. The Labute approximate surface area is 114 Å². The number of carbonyl (C=O) groups excluding carboxylic acids is 1. The minimum absolute atomic E-state index is 0.124. The third-order valence-electron chi connectivity index (χ3n) is 3.18. The van der Waals surface area contributed by atoms with Crippen LogP contribution < -0.4 is 10.7 Å². The number of hydrogen-bond acceptors (Lipinski definition) is 3. The molecule has 1 amide bonds. The van der Waals surface area contributed by atoms with Gasteiger partial charge in [0.15, 0.2) is 17.5 Å². The van der Waals surface area contributed by atoms with E-state index in [9.17, 15) is 18.0 Å². The predicted octanol–water partition coefficient (Wildman–Crippen LogP) is 2.18. The molecule has 0 spiro atoms. The van der Waals surface area contributed by atoms with E-state index >= 15 is 0 Å². The Morgan fingerprint density at radius 1 is 1.30 bits per heavy atom. The Hall–Kier alpha value is -1.89. The maximum Gasteiger partial charge on any atom is 0.256 e. The summed E-state index contributed by atoms with van der Waals surface area (Å²) in [5.74, 6) is -5.12.